The van der Waals surface area contributed by atoms with E-state index < -0.39 is 11.4 Å². The molecule has 1 atom stereocenters. The summed E-state index contributed by atoms with van der Waals surface area (Å²) in [5, 5.41) is 10.1. The molecule has 2 aromatic carbocycles. The highest BCUT2D eigenvalue weighted by Gasteiger charge is 2.42. The van der Waals surface area contributed by atoms with Gasteiger partial charge in [-0.15, -0.1) is 0 Å². The summed E-state index contributed by atoms with van der Waals surface area (Å²) < 4.78 is 5.20. The number of methoxy groups -OCH3 is 1. The number of rotatable bonds is 4. The minimum Gasteiger partial charge on any atom is -0.497 e. The molecule has 0 heterocycles. The number of aliphatic carboxylic acids is 1. The van der Waals surface area contributed by atoms with E-state index in [2.05, 4.69) is 0 Å². The predicted molar refractivity (Wildman–Crippen MR) is 85.8 cm³/mol. The maximum Gasteiger partial charge on any atom is 0.304 e. The number of fused-ring (bicyclic) bond motifs is 1. The quantitative estimate of drug-likeness (QED) is 0.925. The van der Waals surface area contributed by atoms with Crippen LogP contribution in [0.2, 0.25) is 5.02 Å². The molecule has 4 heteroatoms. The van der Waals surface area contributed by atoms with Crippen LogP contribution in [-0.2, 0) is 16.6 Å². The third-order valence-electron chi connectivity index (χ3n) is 4.50. The van der Waals surface area contributed by atoms with Crippen molar-refractivity contribution in [2.24, 2.45) is 0 Å². The molecule has 2 aromatic rings. The number of halogens is 1. The van der Waals surface area contributed by atoms with Crippen molar-refractivity contribution in [2.45, 2.75) is 24.7 Å². The molecular weight excluding hydrogens is 300 g/mol. The molecule has 3 nitrogen and oxygen atoms in total. The molecule has 1 unspecified atom stereocenters. The van der Waals surface area contributed by atoms with E-state index in [4.69, 9.17) is 16.3 Å². The molecule has 22 heavy (non-hydrogen) atoms. The van der Waals surface area contributed by atoms with Gasteiger partial charge in [-0.2, -0.15) is 0 Å². The first kappa shape index (κ1) is 14.9. The van der Waals surface area contributed by atoms with E-state index >= 15 is 0 Å². The highest BCUT2D eigenvalue weighted by Crippen LogP contribution is 2.47. The van der Waals surface area contributed by atoms with Crippen LogP contribution in [0.25, 0.3) is 0 Å². The van der Waals surface area contributed by atoms with Crippen LogP contribution in [0.5, 0.6) is 5.75 Å². The Kier molecular flexibility index (Phi) is 3.83. The van der Waals surface area contributed by atoms with Gasteiger partial charge in [0.25, 0.3) is 0 Å². The largest absolute Gasteiger partial charge is 0.497 e. The molecule has 1 aliphatic rings. The van der Waals surface area contributed by atoms with Crippen LogP contribution in [0.4, 0.5) is 0 Å². The summed E-state index contributed by atoms with van der Waals surface area (Å²) in [5.74, 6) is -0.0396. The van der Waals surface area contributed by atoms with Crippen LogP contribution >= 0.6 is 11.6 Å². The van der Waals surface area contributed by atoms with Gasteiger partial charge < -0.3 is 9.84 Å². The second-order valence-corrected chi connectivity index (χ2v) is 6.12. The number of hydrogen-bond donors (Lipinski definition) is 1. The zero-order chi connectivity index (χ0) is 15.7. The van der Waals surface area contributed by atoms with E-state index in [1.807, 2.05) is 42.5 Å². The van der Waals surface area contributed by atoms with Gasteiger partial charge in [-0.05, 0) is 53.8 Å². The average molecular weight is 317 g/mol. The number of ether oxygens (including phenoxy) is 1. The van der Waals surface area contributed by atoms with Crippen LogP contribution in [0.1, 0.15) is 29.5 Å². The van der Waals surface area contributed by atoms with Crippen LogP contribution in [0, 0.1) is 0 Å². The molecule has 0 spiro atoms. The van der Waals surface area contributed by atoms with Crippen LogP contribution in [-0.4, -0.2) is 18.2 Å². The molecule has 0 amide bonds. The number of aryl methyl sites for hydroxylation is 1. The highest BCUT2D eigenvalue weighted by molar-refractivity contribution is 6.30. The van der Waals surface area contributed by atoms with Crippen molar-refractivity contribution in [3.05, 3.63) is 64.2 Å². The Labute approximate surface area is 134 Å². The van der Waals surface area contributed by atoms with Crippen molar-refractivity contribution in [1.29, 1.82) is 0 Å². The first-order chi connectivity index (χ1) is 10.5. The summed E-state index contributed by atoms with van der Waals surface area (Å²) in [4.78, 5) is 11.5. The molecule has 0 fully saturated rings. The lowest BCUT2D eigenvalue weighted by atomic mass is 9.73. The van der Waals surface area contributed by atoms with Crippen molar-refractivity contribution in [3.8, 4) is 5.75 Å². The SMILES string of the molecule is COc1ccc(C2(CC(=O)O)CCc3ccc(Cl)cc32)cc1. The van der Waals surface area contributed by atoms with Gasteiger partial charge in [-0.3, -0.25) is 4.79 Å². The predicted octanol–water partition coefficient (Wildman–Crippen LogP) is 4.06. The summed E-state index contributed by atoms with van der Waals surface area (Å²) in [5.41, 5.74) is 2.70. The fraction of sp³-hybridized carbons (Fsp3) is 0.278. The number of carbonyl (C=O) groups is 1. The fourth-order valence-electron chi connectivity index (χ4n) is 3.45. The molecular formula is C18H17ClO3. The van der Waals surface area contributed by atoms with Crippen molar-refractivity contribution in [1.82, 2.24) is 0 Å². The molecule has 114 valence electrons. The van der Waals surface area contributed by atoms with Crippen LogP contribution in [0.3, 0.4) is 0 Å². The highest BCUT2D eigenvalue weighted by atomic mass is 35.5. The molecule has 1 N–H and O–H groups in total. The standard InChI is InChI=1S/C18H17ClO3/c1-22-15-6-3-13(4-7-15)18(11-17(20)21)9-8-12-2-5-14(19)10-16(12)18/h2-7,10H,8-9,11H2,1H3,(H,20,21). The van der Waals surface area contributed by atoms with E-state index in [1.165, 1.54) is 5.56 Å². The topological polar surface area (TPSA) is 46.5 Å². The Balaban J connectivity index is 2.15. The summed E-state index contributed by atoms with van der Waals surface area (Å²) in [6.45, 7) is 0. The third-order valence-corrected chi connectivity index (χ3v) is 4.74. The van der Waals surface area contributed by atoms with Gasteiger partial charge in [0.05, 0.1) is 13.5 Å². The summed E-state index contributed by atoms with van der Waals surface area (Å²) in [6, 6.07) is 13.5. The Morgan fingerprint density at radius 2 is 2.00 bits per heavy atom. The van der Waals surface area contributed by atoms with E-state index in [-0.39, 0.29) is 6.42 Å². The van der Waals surface area contributed by atoms with Crippen LogP contribution < -0.4 is 4.74 Å². The first-order valence-electron chi connectivity index (χ1n) is 7.20. The van der Waals surface area contributed by atoms with E-state index in [9.17, 15) is 9.90 Å². The number of carboxylic acids is 1. The minimum atomic E-state index is -0.802. The molecule has 3 rings (SSSR count). The maximum atomic E-state index is 11.5. The van der Waals surface area contributed by atoms with Gasteiger partial charge in [0, 0.05) is 10.4 Å². The zero-order valence-corrected chi connectivity index (χ0v) is 13.1. The average Bonchev–Trinajstić information content (AvgIpc) is 2.86. The van der Waals surface area contributed by atoms with Gasteiger partial charge in [0.15, 0.2) is 0 Å². The third kappa shape index (κ3) is 2.46. The van der Waals surface area contributed by atoms with Crippen molar-refractivity contribution >= 4 is 17.6 Å². The lowest BCUT2D eigenvalue weighted by molar-refractivity contribution is -0.138. The Hall–Kier alpha value is -2.00. The number of benzene rings is 2. The van der Waals surface area contributed by atoms with Gasteiger partial charge in [0.1, 0.15) is 5.75 Å². The normalized spacial score (nSPS) is 19.7. The number of carboxylic acid groups (broad SMARTS) is 1. The molecule has 0 radical (unpaired) electrons. The second-order valence-electron chi connectivity index (χ2n) is 5.68. The van der Waals surface area contributed by atoms with Gasteiger partial charge >= 0.3 is 5.97 Å². The van der Waals surface area contributed by atoms with Crippen molar-refractivity contribution < 1.29 is 14.6 Å². The van der Waals surface area contributed by atoms with Gasteiger partial charge in [-0.1, -0.05) is 29.8 Å². The fourth-order valence-corrected chi connectivity index (χ4v) is 3.62. The monoisotopic (exact) mass is 316 g/mol. The molecule has 0 aromatic heterocycles. The second kappa shape index (κ2) is 5.65. The maximum absolute atomic E-state index is 11.5. The molecule has 1 aliphatic carbocycles. The minimum absolute atomic E-state index is 0.0622. The molecule has 0 bridgehead atoms. The van der Waals surface area contributed by atoms with E-state index in [0.717, 1.165) is 29.7 Å². The lowest BCUT2D eigenvalue weighted by Crippen LogP contribution is -2.28. The smallest absolute Gasteiger partial charge is 0.304 e. The number of hydrogen-bond acceptors (Lipinski definition) is 2. The Morgan fingerprint density at radius 1 is 1.27 bits per heavy atom. The zero-order valence-electron chi connectivity index (χ0n) is 12.3. The molecule has 0 saturated heterocycles. The Morgan fingerprint density at radius 3 is 2.64 bits per heavy atom. The van der Waals surface area contributed by atoms with Gasteiger partial charge in [-0.25, -0.2) is 0 Å². The van der Waals surface area contributed by atoms with Crippen molar-refractivity contribution in [2.75, 3.05) is 7.11 Å². The van der Waals surface area contributed by atoms with Crippen molar-refractivity contribution in [3.63, 3.8) is 0 Å². The first-order valence-corrected chi connectivity index (χ1v) is 7.58. The van der Waals surface area contributed by atoms with E-state index in [0.29, 0.717) is 5.02 Å². The molecule has 0 aliphatic heterocycles. The van der Waals surface area contributed by atoms with Gasteiger partial charge in [0.2, 0.25) is 0 Å². The summed E-state index contributed by atoms with van der Waals surface area (Å²) in [7, 11) is 1.62. The van der Waals surface area contributed by atoms with E-state index in [1.54, 1.807) is 7.11 Å². The summed E-state index contributed by atoms with van der Waals surface area (Å²) in [6.07, 6.45) is 1.71. The van der Waals surface area contributed by atoms with Crippen LogP contribution in [0.15, 0.2) is 42.5 Å². The Bertz CT molecular complexity index is 709. The lowest BCUT2D eigenvalue weighted by Gasteiger charge is -2.30. The molecule has 0 saturated carbocycles. The summed E-state index contributed by atoms with van der Waals surface area (Å²) >= 11 is 6.15.